The van der Waals surface area contributed by atoms with E-state index in [-0.39, 0.29) is 5.78 Å². The van der Waals surface area contributed by atoms with E-state index in [2.05, 4.69) is 0 Å². The van der Waals surface area contributed by atoms with E-state index in [0.717, 1.165) is 12.2 Å². The molecule has 1 heterocycles. The molecule has 2 rings (SSSR count). The number of aryl methyl sites for hydroxylation is 1. The standard InChI is InChI=1S/C15H16O3/c1-3-12-8-9-14(18-12)15(16)11-6-5-7-13(10-11)17-4-2/h5-10H,3-4H2,1-2H3. The fourth-order valence-electron chi connectivity index (χ4n) is 1.73. The van der Waals surface area contributed by atoms with Crippen LogP contribution in [0.3, 0.4) is 0 Å². The Morgan fingerprint density at radius 2 is 2.06 bits per heavy atom. The summed E-state index contributed by atoms with van der Waals surface area (Å²) < 4.78 is 10.8. The van der Waals surface area contributed by atoms with Gasteiger partial charge in [0.2, 0.25) is 5.78 Å². The van der Waals surface area contributed by atoms with Gasteiger partial charge in [-0.05, 0) is 31.2 Å². The molecule has 3 heteroatoms. The van der Waals surface area contributed by atoms with Gasteiger partial charge in [-0.25, -0.2) is 0 Å². The largest absolute Gasteiger partial charge is 0.494 e. The van der Waals surface area contributed by atoms with Crippen LogP contribution < -0.4 is 4.74 Å². The molecule has 0 fully saturated rings. The molecule has 0 aliphatic heterocycles. The molecule has 2 aromatic rings. The summed E-state index contributed by atoms with van der Waals surface area (Å²) in [5.74, 6) is 1.78. The number of benzene rings is 1. The van der Waals surface area contributed by atoms with Gasteiger partial charge in [0.15, 0.2) is 5.76 Å². The Balaban J connectivity index is 2.25. The second-order valence-corrected chi connectivity index (χ2v) is 3.91. The van der Waals surface area contributed by atoms with Gasteiger partial charge in [-0.15, -0.1) is 0 Å². The number of carbonyl (C=O) groups excluding carboxylic acids is 1. The summed E-state index contributed by atoms with van der Waals surface area (Å²) in [7, 11) is 0. The molecule has 0 N–H and O–H groups in total. The van der Waals surface area contributed by atoms with Crippen LogP contribution in [0, 0.1) is 0 Å². The Morgan fingerprint density at radius 1 is 1.22 bits per heavy atom. The van der Waals surface area contributed by atoms with E-state index in [1.807, 2.05) is 32.0 Å². The highest BCUT2D eigenvalue weighted by molar-refractivity contribution is 6.07. The van der Waals surface area contributed by atoms with E-state index in [1.165, 1.54) is 0 Å². The van der Waals surface area contributed by atoms with E-state index in [0.29, 0.717) is 23.7 Å². The van der Waals surface area contributed by atoms with Crippen LogP contribution in [0.2, 0.25) is 0 Å². The topological polar surface area (TPSA) is 39.4 Å². The van der Waals surface area contributed by atoms with Crippen LogP contribution in [0.15, 0.2) is 40.8 Å². The van der Waals surface area contributed by atoms with E-state index >= 15 is 0 Å². The van der Waals surface area contributed by atoms with Crippen molar-refractivity contribution in [2.24, 2.45) is 0 Å². The molecule has 1 aromatic carbocycles. The van der Waals surface area contributed by atoms with Gasteiger partial charge in [0.1, 0.15) is 11.5 Å². The second-order valence-electron chi connectivity index (χ2n) is 3.91. The van der Waals surface area contributed by atoms with Crippen LogP contribution in [-0.2, 0) is 6.42 Å². The highest BCUT2D eigenvalue weighted by Crippen LogP contribution is 2.18. The summed E-state index contributed by atoms with van der Waals surface area (Å²) in [6.45, 7) is 4.48. The summed E-state index contributed by atoms with van der Waals surface area (Å²) >= 11 is 0. The monoisotopic (exact) mass is 244 g/mol. The fourth-order valence-corrected chi connectivity index (χ4v) is 1.73. The first-order valence-electron chi connectivity index (χ1n) is 6.10. The predicted molar refractivity (Wildman–Crippen MR) is 69.1 cm³/mol. The minimum atomic E-state index is -0.115. The van der Waals surface area contributed by atoms with Crippen LogP contribution in [-0.4, -0.2) is 12.4 Å². The van der Waals surface area contributed by atoms with Gasteiger partial charge in [0.25, 0.3) is 0 Å². The molecule has 1 aromatic heterocycles. The van der Waals surface area contributed by atoms with Gasteiger partial charge >= 0.3 is 0 Å². The Morgan fingerprint density at radius 3 is 2.72 bits per heavy atom. The zero-order valence-corrected chi connectivity index (χ0v) is 10.6. The van der Waals surface area contributed by atoms with Crippen molar-refractivity contribution in [3.05, 3.63) is 53.5 Å². The molecule has 0 amide bonds. The third-order valence-electron chi connectivity index (χ3n) is 2.64. The quantitative estimate of drug-likeness (QED) is 0.756. The van der Waals surface area contributed by atoms with Crippen molar-refractivity contribution in [1.29, 1.82) is 0 Å². The van der Waals surface area contributed by atoms with E-state index in [1.54, 1.807) is 18.2 Å². The van der Waals surface area contributed by atoms with E-state index in [4.69, 9.17) is 9.15 Å². The van der Waals surface area contributed by atoms with Crippen molar-refractivity contribution in [2.75, 3.05) is 6.61 Å². The zero-order chi connectivity index (χ0) is 13.0. The molecule has 94 valence electrons. The van der Waals surface area contributed by atoms with Gasteiger partial charge in [0, 0.05) is 12.0 Å². The van der Waals surface area contributed by atoms with Gasteiger partial charge < -0.3 is 9.15 Å². The van der Waals surface area contributed by atoms with Crippen molar-refractivity contribution in [3.8, 4) is 5.75 Å². The minimum absolute atomic E-state index is 0.115. The summed E-state index contributed by atoms with van der Waals surface area (Å²) in [5, 5.41) is 0. The summed E-state index contributed by atoms with van der Waals surface area (Å²) in [6.07, 6.45) is 0.784. The SMILES string of the molecule is CCOc1cccc(C(=O)c2ccc(CC)o2)c1. The molecule has 0 saturated carbocycles. The smallest absolute Gasteiger partial charge is 0.228 e. The van der Waals surface area contributed by atoms with Crippen molar-refractivity contribution >= 4 is 5.78 Å². The number of furan rings is 1. The third kappa shape index (κ3) is 2.62. The van der Waals surface area contributed by atoms with Crippen LogP contribution in [0.4, 0.5) is 0 Å². The first kappa shape index (κ1) is 12.4. The average Bonchev–Trinajstić information content (AvgIpc) is 2.87. The molecule has 18 heavy (non-hydrogen) atoms. The van der Waals surface area contributed by atoms with Crippen molar-refractivity contribution in [3.63, 3.8) is 0 Å². The van der Waals surface area contributed by atoms with Crippen molar-refractivity contribution < 1.29 is 13.9 Å². The average molecular weight is 244 g/mol. The molecule has 0 aliphatic rings. The van der Waals surface area contributed by atoms with Crippen LogP contribution in [0.1, 0.15) is 35.7 Å². The molecule has 0 radical (unpaired) electrons. The Hall–Kier alpha value is -2.03. The maximum Gasteiger partial charge on any atom is 0.228 e. The van der Waals surface area contributed by atoms with Crippen LogP contribution >= 0.6 is 0 Å². The zero-order valence-electron chi connectivity index (χ0n) is 10.6. The first-order valence-corrected chi connectivity index (χ1v) is 6.10. The predicted octanol–water partition coefficient (Wildman–Crippen LogP) is 3.47. The Kier molecular flexibility index (Phi) is 3.82. The highest BCUT2D eigenvalue weighted by Gasteiger charge is 2.13. The van der Waals surface area contributed by atoms with Gasteiger partial charge in [-0.3, -0.25) is 4.79 Å². The van der Waals surface area contributed by atoms with Crippen molar-refractivity contribution in [1.82, 2.24) is 0 Å². The third-order valence-corrected chi connectivity index (χ3v) is 2.64. The van der Waals surface area contributed by atoms with Gasteiger partial charge in [-0.1, -0.05) is 19.1 Å². The fraction of sp³-hybridized carbons (Fsp3) is 0.267. The number of hydrogen-bond acceptors (Lipinski definition) is 3. The lowest BCUT2D eigenvalue weighted by molar-refractivity contribution is 0.101. The minimum Gasteiger partial charge on any atom is -0.494 e. The summed E-state index contributed by atoms with van der Waals surface area (Å²) in [5.41, 5.74) is 0.581. The maximum absolute atomic E-state index is 12.2. The molecular formula is C15H16O3. The lowest BCUT2D eigenvalue weighted by Gasteiger charge is -2.04. The molecule has 0 saturated heterocycles. The normalized spacial score (nSPS) is 10.3. The summed E-state index contributed by atoms with van der Waals surface area (Å²) in [6, 6.07) is 10.7. The maximum atomic E-state index is 12.2. The highest BCUT2D eigenvalue weighted by atomic mass is 16.5. The van der Waals surface area contributed by atoms with Gasteiger partial charge in [0.05, 0.1) is 6.61 Å². The van der Waals surface area contributed by atoms with Gasteiger partial charge in [-0.2, -0.15) is 0 Å². The van der Waals surface area contributed by atoms with E-state index < -0.39 is 0 Å². The molecule has 0 atom stereocenters. The number of ketones is 1. The Bertz CT molecular complexity index is 540. The van der Waals surface area contributed by atoms with Crippen molar-refractivity contribution in [2.45, 2.75) is 20.3 Å². The molecule has 3 nitrogen and oxygen atoms in total. The lowest BCUT2D eigenvalue weighted by atomic mass is 10.1. The summed E-state index contributed by atoms with van der Waals surface area (Å²) in [4.78, 5) is 12.2. The molecular weight excluding hydrogens is 228 g/mol. The Labute approximate surface area is 106 Å². The number of carbonyl (C=O) groups is 1. The van der Waals surface area contributed by atoms with Crippen LogP contribution in [0.5, 0.6) is 5.75 Å². The molecule has 0 bridgehead atoms. The number of rotatable bonds is 5. The number of hydrogen-bond donors (Lipinski definition) is 0. The first-order chi connectivity index (χ1) is 8.74. The molecule has 0 unspecified atom stereocenters. The second kappa shape index (κ2) is 5.54. The number of ether oxygens (including phenoxy) is 1. The lowest BCUT2D eigenvalue weighted by Crippen LogP contribution is -2.00. The van der Waals surface area contributed by atoms with E-state index in [9.17, 15) is 4.79 Å². The van der Waals surface area contributed by atoms with Crippen LogP contribution in [0.25, 0.3) is 0 Å². The molecule has 0 spiro atoms. The molecule has 0 aliphatic carbocycles.